The number of likely N-dealkylation sites (tertiary alicyclic amines) is 1. The number of sulfonamides is 1. The minimum absolute atomic E-state index is 0.0895. The molecule has 2 aromatic rings. The topological polar surface area (TPSA) is 107 Å². The molecular formula is C23H29N3O5S2. The maximum Gasteiger partial charge on any atom is 0.253 e. The molecule has 8 nitrogen and oxygen atoms in total. The Morgan fingerprint density at radius 3 is 2.58 bits per heavy atom. The zero-order valence-corrected chi connectivity index (χ0v) is 20.0. The van der Waals surface area contributed by atoms with Gasteiger partial charge in [0.2, 0.25) is 5.91 Å². The Kier molecular flexibility index (Phi) is 7.48. The first kappa shape index (κ1) is 23.9. The van der Waals surface area contributed by atoms with Crippen molar-refractivity contribution in [3.63, 3.8) is 0 Å². The van der Waals surface area contributed by atoms with Gasteiger partial charge >= 0.3 is 0 Å². The molecule has 10 heteroatoms. The van der Waals surface area contributed by atoms with Crippen LogP contribution in [0, 0.1) is 11.8 Å². The molecule has 0 aliphatic carbocycles. The predicted octanol–water partition coefficient (Wildman–Crippen LogP) is 2.63. The molecule has 0 radical (unpaired) electrons. The van der Waals surface area contributed by atoms with Gasteiger partial charge in [0.05, 0.1) is 5.92 Å². The predicted molar refractivity (Wildman–Crippen MR) is 127 cm³/mol. The number of hydrogen-bond acceptors (Lipinski definition) is 6. The van der Waals surface area contributed by atoms with Crippen LogP contribution in [0.1, 0.15) is 36.0 Å². The van der Waals surface area contributed by atoms with E-state index >= 15 is 0 Å². The van der Waals surface area contributed by atoms with Crippen LogP contribution >= 0.6 is 11.3 Å². The van der Waals surface area contributed by atoms with Gasteiger partial charge in [-0.3, -0.25) is 9.59 Å². The zero-order chi connectivity index (χ0) is 23.4. The van der Waals surface area contributed by atoms with Gasteiger partial charge in [-0.2, -0.15) is 4.31 Å². The van der Waals surface area contributed by atoms with Gasteiger partial charge in [0.1, 0.15) is 4.21 Å². The number of aliphatic hydroxyl groups is 1. The lowest BCUT2D eigenvalue weighted by atomic mass is 9.97. The molecule has 1 atom stereocenters. The summed E-state index contributed by atoms with van der Waals surface area (Å²) in [5.41, 5.74) is 1.02. The van der Waals surface area contributed by atoms with Crippen molar-refractivity contribution < 1.29 is 23.1 Å². The van der Waals surface area contributed by atoms with Gasteiger partial charge < -0.3 is 15.3 Å². The number of benzene rings is 1. The molecule has 2 saturated heterocycles. The number of rotatable bonds is 6. The molecule has 0 spiro atoms. The standard InChI is InChI=1S/C23H29N3O5S2/c27-16-17-8-11-25(12-9-17)23(29)18-4-1-6-20(14-18)24-22(28)19-5-2-10-26(15-19)33(30,31)21-7-3-13-32-21/h1,3-4,6-7,13-14,17,19,27H,2,5,8-12,15-16H2,(H,24,28). The van der Waals surface area contributed by atoms with Gasteiger partial charge in [-0.05, 0) is 61.2 Å². The van der Waals surface area contributed by atoms with Crippen LogP contribution in [0.3, 0.4) is 0 Å². The first-order valence-corrected chi connectivity index (χ1v) is 13.5. The largest absolute Gasteiger partial charge is 0.396 e. The SMILES string of the molecule is O=C(Nc1cccc(C(=O)N2CCC(CO)CC2)c1)C1CCCN(S(=O)(=O)c2cccs2)C1. The van der Waals surface area contributed by atoms with Crippen molar-refractivity contribution in [2.24, 2.45) is 11.8 Å². The lowest BCUT2D eigenvalue weighted by molar-refractivity contribution is -0.120. The van der Waals surface area contributed by atoms with Crippen molar-refractivity contribution in [2.75, 3.05) is 38.1 Å². The molecule has 2 N–H and O–H groups in total. The minimum Gasteiger partial charge on any atom is -0.396 e. The summed E-state index contributed by atoms with van der Waals surface area (Å²) < 4.78 is 27.3. The van der Waals surface area contributed by atoms with Crippen LogP contribution in [-0.2, 0) is 14.8 Å². The van der Waals surface area contributed by atoms with Crippen molar-refractivity contribution in [3.05, 3.63) is 47.3 Å². The third-order valence-electron chi connectivity index (χ3n) is 6.38. The maximum atomic E-state index is 12.9. The van der Waals surface area contributed by atoms with Crippen LogP contribution in [0.25, 0.3) is 0 Å². The lowest BCUT2D eigenvalue weighted by Crippen LogP contribution is -2.43. The molecular weight excluding hydrogens is 462 g/mol. The number of anilines is 1. The number of piperidine rings is 2. The second kappa shape index (κ2) is 10.3. The Labute approximate surface area is 198 Å². The molecule has 1 aromatic heterocycles. The van der Waals surface area contributed by atoms with Gasteiger partial charge in [-0.25, -0.2) is 8.42 Å². The van der Waals surface area contributed by atoms with Crippen molar-refractivity contribution in [1.29, 1.82) is 0 Å². The third-order valence-corrected chi connectivity index (χ3v) is 9.62. The van der Waals surface area contributed by atoms with Gasteiger partial charge in [0.25, 0.3) is 15.9 Å². The van der Waals surface area contributed by atoms with Crippen LogP contribution in [0.15, 0.2) is 46.0 Å². The van der Waals surface area contributed by atoms with E-state index in [1.54, 1.807) is 46.7 Å². The van der Waals surface area contributed by atoms with Crippen LogP contribution in [0.4, 0.5) is 5.69 Å². The molecule has 2 fully saturated rings. The molecule has 3 heterocycles. The smallest absolute Gasteiger partial charge is 0.253 e. The molecule has 178 valence electrons. The first-order valence-electron chi connectivity index (χ1n) is 11.2. The first-order chi connectivity index (χ1) is 15.9. The van der Waals surface area contributed by atoms with Crippen LogP contribution in [0.5, 0.6) is 0 Å². The highest BCUT2D eigenvalue weighted by atomic mass is 32.2. The summed E-state index contributed by atoms with van der Waals surface area (Å²) in [5.74, 6) is -0.536. The summed E-state index contributed by atoms with van der Waals surface area (Å²) >= 11 is 1.17. The Balaban J connectivity index is 1.39. The van der Waals surface area contributed by atoms with Crippen LogP contribution in [0.2, 0.25) is 0 Å². The van der Waals surface area contributed by atoms with E-state index in [1.165, 1.54) is 15.6 Å². The highest BCUT2D eigenvalue weighted by molar-refractivity contribution is 7.91. The second-order valence-corrected chi connectivity index (χ2v) is 11.7. The second-order valence-electron chi connectivity index (χ2n) is 8.62. The molecule has 4 rings (SSSR count). The summed E-state index contributed by atoms with van der Waals surface area (Å²) in [6.07, 6.45) is 2.79. The van der Waals surface area contributed by atoms with E-state index in [2.05, 4.69) is 5.32 Å². The quantitative estimate of drug-likeness (QED) is 0.646. The molecule has 1 unspecified atom stereocenters. The Morgan fingerprint density at radius 1 is 1.09 bits per heavy atom. The van der Waals surface area contributed by atoms with Crippen LogP contribution < -0.4 is 5.32 Å². The highest BCUT2D eigenvalue weighted by Gasteiger charge is 2.34. The van der Waals surface area contributed by atoms with Crippen LogP contribution in [-0.4, -0.2) is 67.3 Å². The van der Waals surface area contributed by atoms with E-state index in [9.17, 15) is 23.1 Å². The van der Waals surface area contributed by atoms with Crippen molar-refractivity contribution in [2.45, 2.75) is 29.9 Å². The van der Waals surface area contributed by atoms with E-state index < -0.39 is 15.9 Å². The Morgan fingerprint density at radius 2 is 1.88 bits per heavy atom. The fourth-order valence-electron chi connectivity index (χ4n) is 4.39. The number of carbonyl (C=O) groups is 2. The Hall–Kier alpha value is -2.27. The zero-order valence-electron chi connectivity index (χ0n) is 18.4. The number of aliphatic hydroxyl groups excluding tert-OH is 1. The van der Waals surface area contributed by atoms with Gasteiger partial charge in [0.15, 0.2) is 0 Å². The fourth-order valence-corrected chi connectivity index (χ4v) is 7.06. The highest BCUT2D eigenvalue weighted by Crippen LogP contribution is 2.27. The molecule has 33 heavy (non-hydrogen) atoms. The van der Waals surface area contributed by atoms with Crippen molar-refractivity contribution in [3.8, 4) is 0 Å². The monoisotopic (exact) mass is 491 g/mol. The molecule has 2 aliphatic heterocycles. The van der Waals surface area contributed by atoms with E-state index in [1.807, 2.05) is 0 Å². The molecule has 0 saturated carbocycles. The summed E-state index contributed by atoms with van der Waals surface area (Å²) in [5, 5.41) is 13.9. The normalized spacial score (nSPS) is 20.5. The molecule has 1 aromatic carbocycles. The number of thiophene rings is 1. The van der Waals surface area contributed by atoms with E-state index in [0.29, 0.717) is 43.7 Å². The molecule has 0 bridgehead atoms. The number of nitrogens with one attached hydrogen (secondary N) is 1. The summed E-state index contributed by atoms with van der Waals surface area (Å²) in [6, 6.07) is 10.1. The van der Waals surface area contributed by atoms with E-state index in [-0.39, 0.29) is 35.1 Å². The van der Waals surface area contributed by atoms with E-state index in [4.69, 9.17) is 0 Å². The number of hydrogen-bond donors (Lipinski definition) is 2. The van der Waals surface area contributed by atoms with Gasteiger partial charge in [-0.15, -0.1) is 11.3 Å². The van der Waals surface area contributed by atoms with Crippen molar-refractivity contribution >= 4 is 38.9 Å². The van der Waals surface area contributed by atoms with Crippen molar-refractivity contribution in [1.82, 2.24) is 9.21 Å². The third kappa shape index (κ3) is 5.46. The maximum absolute atomic E-state index is 12.9. The minimum atomic E-state index is -3.59. The number of carbonyl (C=O) groups excluding carboxylic acids is 2. The lowest BCUT2D eigenvalue weighted by Gasteiger charge is -2.31. The summed E-state index contributed by atoms with van der Waals surface area (Å²) in [4.78, 5) is 27.6. The van der Waals surface area contributed by atoms with Gasteiger partial charge in [-0.1, -0.05) is 12.1 Å². The Bertz CT molecular complexity index is 1080. The summed E-state index contributed by atoms with van der Waals surface area (Å²) in [7, 11) is -3.59. The van der Waals surface area contributed by atoms with Gasteiger partial charge in [0, 0.05) is 44.0 Å². The number of amides is 2. The molecule has 2 aliphatic rings. The number of nitrogens with zero attached hydrogens (tertiary/aromatic N) is 2. The average Bonchev–Trinajstić information content (AvgIpc) is 3.40. The van der Waals surface area contributed by atoms with E-state index in [0.717, 1.165) is 12.8 Å². The molecule has 2 amide bonds. The fraction of sp³-hybridized carbons (Fsp3) is 0.478. The average molecular weight is 492 g/mol. The summed E-state index contributed by atoms with van der Waals surface area (Å²) in [6.45, 7) is 1.91.